The summed E-state index contributed by atoms with van der Waals surface area (Å²) in [6, 6.07) is 3.56. The van der Waals surface area contributed by atoms with Gasteiger partial charge in [0.2, 0.25) is 0 Å². The number of rotatable bonds is 2. The van der Waals surface area contributed by atoms with Crippen LogP contribution in [0.4, 0.5) is 0 Å². The van der Waals surface area contributed by atoms with E-state index in [-0.39, 0.29) is 11.7 Å². The van der Waals surface area contributed by atoms with Gasteiger partial charge in [0.05, 0.1) is 6.54 Å². The van der Waals surface area contributed by atoms with Crippen molar-refractivity contribution in [3.8, 4) is 5.75 Å². The van der Waals surface area contributed by atoms with E-state index in [1.807, 2.05) is 19.9 Å². The maximum atomic E-state index is 11.9. The van der Waals surface area contributed by atoms with E-state index in [0.717, 1.165) is 24.1 Å². The monoisotopic (exact) mass is 205 g/mol. The minimum absolute atomic E-state index is 0.0471. The highest BCUT2D eigenvalue weighted by Crippen LogP contribution is 2.31. The first-order valence-corrected chi connectivity index (χ1v) is 5.25. The van der Waals surface area contributed by atoms with Gasteiger partial charge in [-0.25, -0.2) is 0 Å². The van der Waals surface area contributed by atoms with Crippen molar-refractivity contribution in [3.63, 3.8) is 0 Å². The number of aryl methyl sites for hydroxylation is 1. The standard InChI is InChI=1S/C12H15NO2/c1-3-4-13-7-10-9(12(13)15)5-8(2)6-11(10)14/h5-6,14H,3-4,7H2,1-2H3. The zero-order valence-corrected chi connectivity index (χ0v) is 9.08. The fourth-order valence-electron chi connectivity index (χ4n) is 2.04. The number of nitrogens with zero attached hydrogens (tertiary/aromatic N) is 1. The van der Waals surface area contributed by atoms with Gasteiger partial charge in [-0.2, -0.15) is 0 Å². The Morgan fingerprint density at radius 2 is 2.20 bits per heavy atom. The molecule has 0 spiro atoms. The molecule has 0 fully saturated rings. The number of carbonyl (C=O) groups excluding carboxylic acids is 1. The van der Waals surface area contributed by atoms with Crippen molar-refractivity contribution in [2.75, 3.05) is 6.54 Å². The molecule has 0 aliphatic carbocycles. The van der Waals surface area contributed by atoms with Crippen molar-refractivity contribution in [1.82, 2.24) is 4.90 Å². The van der Waals surface area contributed by atoms with E-state index in [0.29, 0.717) is 12.1 Å². The van der Waals surface area contributed by atoms with E-state index >= 15 is 0 Å². The van der Waals surface area contributed by atoms with E-state index in [1.54, 1.807) is 11.0 Å². The van der Waals surface area contributed by atoms with Gasteiger partial charge in [-0.3, -0.25) is 4.79 Å². The lowest BCUT2D eigenvalue weighted by Crippen LogP contribution is -2.24. The second kappa shape index (κ2) is 3.57. The summed E-state index contributed by atoms with van der Waals surface area (Å²) in [6.45, 7) is 5.23. The molecule has 1 heterocycles. The summed E-state index contributed by atoms with van der Waals surface area (Å²) in [4.78, 5) is 13.7. The Labute approximate surface area is 89.3 Å². The third kappa shape index (κ3) is 1.58. The molecule has 0 radical (unpaired) electrons. The van der Waals surface area contributed by atoms with Crippen molar-refractivity contribution in [1.29, 1.82) is 0 Å². The molecule has 1 aliphatic rings. The quantitative estimate of drug-likeness (QED) is 0.802. The Hall–Kier alpha value is -1.51. The lowest BCUT2D eigenvalue weighted by atomic mass is 10.1. The molecule has 80 valence electrons. The van der Waals surface area contributed by atoms with Gasteiger partial charge in [0.25, 0.3) is 5.91 Å². The molecule has 0 bridgehead atoms. The lowest BCUT2D eigenvalue weighted by Gasteiger charge is -2.13. The van der Waals surface area contributed by atoms with Crippen molar-refractivity contribution in [2.24, 2.45) is 0 Å². The Morgan fingerprint density at radius 3 is 2.87 bits per heavy atom. The first kappa shape index (κ1) is 10.0. The van der Waals surface area contributed by atoms with E-state index in [2.05, 4.69) is 0 Å². The van der Waals surface area contributed by atoms with Crippen LogP contribution in [-0.4, -0.2) is 22.5 Å². The smallest absolute Gasteiger partial charge is 0.254 e. The van der Waals surface area contributed by atoms with Gasteiger partial charge < -0.3 is 10.0 Å². The molecule has 1 aromatic carbocycles. The van der Waals surface area contributed by atoms with Gasteiger partial charge in [0.1, 0.15) is 5.75 Å². The van der Waals surface area contributed by atoms with E-state index < -0.39 is 0 Å². The second-order valence-electron chi connectivity index (χ2n) is 4.04. The summed E-state index contributed by atoms with van der Waals surface area (Å²) in [5.74, 6) is 0.294. The summed E-state index contributed by atoms with van der Waals surface area (Å²) >= 11 is 0. The van der Waals surface area contributed by atoms with E-state index in [9.17, 15) is 9.90 Å². The van der Waals surface area contributed by atoms with Crippen molar-refractivity contribution in [2.45, 2.75) is 26.8 Å². The number of amides is 1. The average molecular weight is 205 g/mol. The highest BCUT2D eigenvalue weighted by Gasteiger charge is 2.28. The molecule has 3 heteroatoms. The molecule has 1 aromatic rings. The summed E-state index contributed by atoms with van der Waals surface area (Å²) in [5, 5.41) is 9.74. The number of aromatic hydroxyl groups is 1. The zero-order chi connectivity index (χ0) is 11.0. The van der Waals surface area contributed by atoms with Gasteiger partial charge in [-0.15, -0.1) is 0 Å². The number of benzene rings is 1. The first-order valence-electron chi connectivity index (χ1n) is 5.25. The zero-order valence-electron chi connectivity index (χ0n) is 9.08. The second-order valence-corrected chi connectivity index (χ2v) is 4.04. The topological polar surface area (TPSA) is 40.5 Å². The molecule has 2 rings (SSSR count). The average Bonchev–Trinajstić information content (AvgIpc) is 2.47. The molecule has 1 N–H and O–H groups in total. The van der Waals surface area contributed by atoms with Crippen molar-refractivity contribution >= 4 is 5.91 Å². The SMILES string of the molecule is CCCN1Cc2c(O)cc(C)cc2C1=O. The van der Waals surface area contributed by atoms with Crippen LogP contribution in [0.5, 0.6) is 5.75 Å². The van der Waals surface area contributed by atoms with Crippen LogP contribution in [0.15, 0.2) is 12.1 Å². The third-order valence-electron chi connectivity index (χ3n) is 2.73. The van der Waals surface area contributed by atoms with Gasteiger partial charge >= 0.3 is 0 Å². The van der Waals surface area contributed by atoms with Gasteiger partial charge in [-0.1, -0.05) is 6.92 Å². The van der Waals surface area contributed by atoms with Crippen LogP contribution in [0.3, 0.4) is 0 Å². The molecule has 0 saturated carbocycles. The van der Waals surface area contributed by atoms with Crippen LogP contribution in [0.25, 0.3) is 0 Å². The van der Waals surface area contributed by atoms with Gasteiger partial charge in [0, 0.05) is 17.7 Å². The minimum atomic E-state index is 0.0471. The molecule has 1 amide bonds. The number of fused-ring (bicyclic) bond motifs is 1. The molecule has 0 atom stereocenters. The molecule has 0 saturated heterocycles. The molecular formula is C12H15NO2. The predicted molar refractivity (Wildman–Crippen MR) is 57.9 cm³/mol. The van der Waals surface area contributed by atoms with Crippen LogP contribution in [-0.2, 0) is 6.54 Å². The van der Waals surface area contributed by atoms with Crippen LogP contribution in [0, 0.1) is 6.92 Å². The molecule has 0 aromatic heterocycles. The number of phenols is 1. The maximum Gasteiger partial charge on any atom is 0.254 e. The maximum absolute atomic E-state index is 11.9. The fourth-order valence-corrected chi connectivity index (χ4v) is 2.04. The minimum Gasteiger partial charge on any atom is -0.508 e. The Morgan fingerprint density at radius 1 is 1.47 bits per heavy atom. The van der Waals surface area contributed by atoms with Crippen LogP contribution >= 0.6 is 0 Å². The van der Waals surface area contributed by atoms with Crippen LogP contribution < -0.4 is 0 Å². The predicted octanol–water partition coefficient (Wildman–Crippen LogP) is 2.07. The summed E-state index contributed by atoms with van der Waals surface area (Å²) in [6.07, 6.45) is 0.944. The molecule has 0 unspecified atom stereocenters. The Kier molecular flexibility index (Phi) is 2.39. The molecule has 1 aliphatic heterocycles. The van der Waals surface area contributed by atoms with Crippen LogP contribution in [0.2, 0.25) is 0 Å². The largest absolute Gasteiger partial charge is 0.508 e. The van der Waals surface area contributed by atoms with Crippen molar-refractivity contribution < 1.29 is 9.90 Å². The lowest BCUT2D eigenvalue weighted by molar-refractivity contribution is 0.0778. The molecular weight excluding hydrogens is 190 g/mol. The molecule has 3 nitrogen and oxygen atoms in total. The third-order valence-corrected chi connectivity index (χ3v) is 2.73. The Balaban J connectivity index is 2.41. The highest BCUT2D eigenvalue weighted by atomic mass is 16.3. The van der Waals surface area contributed by atoms with Gasteiger partial charge in [0.15, 0.2) is 0 Å². The number of phenolic OH excluding ortho intramolecular Hbond substituents is 1. The molecule has 15 heavy (non-hydrogen) atoms. The summed E-state index contributed by atoms with van der Waals surface area (Å²) in [7, 11) is 0. The Bertz CT molecular complexity index is 412. The van der Waals surface area contributed by atoms with Crippen molar-refractivity contribution in [3.05, 3.63) is 28.8 Å². The highest BCUT2D eigenvalue weighted by molar-refractivity contribution is 5.99. The normalized spacial score (nSPS) is 14.5. The number of hydrogen-bond acceptors (Lipinski definition) is 2. The van der Waals surface area contributed by atoms with Crippen LogP contribution in [0.1, 0.15) is 34.8 Å². The summed E-state index contributed by atoms with van der Waals surface area (Å²) < 4.78 is 0. The van der Waals surface area contributed by atoms with E-state index in [1.165, 1.54) is 0 Å². The summed E-state index contributed by atoms with van der Waals surface area (Å²) in [5.41, 5.74) is 2.37. The number of carbonyl (C=O) groups is 1. The number of hydrogen-bond donors (Lipinski definition) is 1. The first-order chi connectivity index (χ1) is 7.13. The fraction of sp³-hybridized carbons (Fsp3) is 0.417. The van der Waals surface area contributed by atoms with E-state index in [4.69, 9.17) is 0 Å². The van der Waals surface area contributed by atoms with Gasteiger partial charge in [-0.05, 0) is 31.0 Å².